The fourth-order valence-corrected chi connectivity index (χ4v) is 11.5. The number of nitrogen functional groups attached to an aromatic ring is 1. The topological polar surface area (TPSA) is 107 Å². The van der Waals surface area contributed by atoms with Gasteiger partial charge in [-0.15, -0.1) is 0 Å². The third-order valence-corrected chi connectivity index (χ3v) is 17.5. The van der Waals surface area contributed by atoms with Crippen LogP contribution >= 0.6 is 0 Å². The van der Waals surface area contributed by atoms with E-state index >= 15 is 0 Å². The third kappa shape index (κ3) is 4.27. The summed E-state index contributed by atoms with van der Waals surface area (Å²) in [5.74, 6) is 0.345. The van der Waals surface area contributed by atoms with Gasteiger partial charge in [0.15, 0.2) is 26.0 Å². The molecule has 2 fully saturated rings. The van der Waals surface area contributed by atoms with Crippen LogP contribution in [0.2, 0.25) is 28.2 Å². The summed E-state index contributed by atoms with van der Waals surface area (Å²) in [6.07, 6.45) is 1.86. The lowest BCUT2D eigenvalue weighted by atomic mass is 10.1. The van der Waals surface area contributed by atoms with Crippen LogP contribution in [0.5, 0.6) is 0 Å². The monoisotopic (exact) mass is 521 g/mol. The number of rotatable bonds is 3. The molecule has 2 aromatic rings. The van der Waals surface area contributed by atoms with Gasteiger partial charge in [0.2, 0.25) is 0 Å². The maximum Gasteiger partial charge on any atom is 0.349 e. The van der Waals surface area contributed by atoms with Gasteiger partial charge >= 0.3 is 8.56 Å². The fraction of sp³-hybridized carbons (Fsp3) is 0.792. The number of anilines is 1. The molecule has 2 aromatic heterocycles. The van der Waals surface area contributed by atoms with E-state index in [0.717, 1.165) is 0 Å². The average molecular weight is 522 g/mol. The van der Waals surface area contributed by atoms with E-state index in [-0.39, 0.29) is 33.4 Å². The van der Waals surface area contributed by atoms with Gasteiger partial charge in [-0.2, -0.15) is 0 Å². The predicted molar refractivity (Wildman–Crippen MR) is 142 cm³/mol. The van der Waals surface area contributed by atoms with Crippen LogP contribution in [0.15, 0.2) is 12.7 Å². The van der Waals surface area contributed by atoms with Crippen LogP contribution in [-0.2, 0) is 18.0 Å². The van der Waals surface area contributed by atoms with E-state index in [1.54, 1.807) is 6.33 Å². The van der Waals surface area contributed by atoms with E-state index < -0.39 is 23.1 Å². The van der Waals surface area contributed by atoms with Crippen LogP contribution in [0.1, 0.15) is 68.5 Å². The molecule has 0 amide bonds. The van der Waals surface area contributed by atoms with Crippen LogP contribution in [0.4, 0.5) is 5.82 Å². The molecule has 35 heavy (non-hydrogen) atoms. The van der Waals surface area contributed by atoms with Crippen molar-refractivity contribution in [3.05, 3.63) is 12.7 Å². The smallest absolute Gasteiger partial charge is 0.349 e. The molecule has 2 aliphatic heterocycles. The van der Waals surface area contributed by atoms with E-state index in [0.29, 0.717) is 23.6 Å². The molecule has 0 spiro atoms. The van der Waals surface area contributed by atoms with Crippen LogP contribution in [0.3, 0.4) is 0 Å². The molecule has 0 radical (unpaired) electrons. The van der Waals surface area contributed by atoms with Crippen molar-refractivity contribution >= 4 is 33.9 Å². The molecule has 9 nitrogen and oxygen atoms in total. The molecule has 0 unspecified atom stereocenters. The van der Waals surface area contributed by atoms with Crippen molar-refractivity contribution in [2.24, 2.45) is 0 Å². The Labute approximate surface area is 211 Å². The zero-order valence-electron chi connectivity index (χ0n) is 23.2. The summed E-state index contributed by atoms with van der Waals surface area (Å²) in [6.45, 7) is 25.1. The lowest BCUT2D eigenvalue weighted by Crippen LogP contribution is -2.66. The lowest BCUT2D eigenvalue weighted by molar-refractivity contribution is -0.0795. The first-order valence-corrected chi connectivity index (χ1v) is 17.2. The highest BCUT2D eigenvalue weighted by molar-refractivity contribution is 6.74. The second-order valence-electron chi connectivity index (χ2n) is 13.5. The quantitative estimate of drug-likeness (QED) is 0.552. The number of nitrogens with zero attached hydrogens (tertiary/aromatic N) is 4. The maximum absolute atomic E-state index is 7.16. The van der Waals surface area contributed by atoms with Crippen LogP contribution < -0.4 is 5.73 Å². The van der Waals surface area contributed by atoms with Crippen LogP contribution in [-0.4, -0.2) is 61.3 Å². The second-order valence-corrected chi connectivity index (χ2v) is 23.0. The number of hydrogen-bond donors (Lipinski definition) is 1. The van der Waals surface area contributed by atoms with Gasteiger partial charge in [0.25, 0.3) is 0 Å². The van der Waals surface area contributed by atoms with E-state index in [1.807, 2.05) is 4.57 Å². The molecule has 2 saturated heterocycles. The SMILES string of the molecule is CC(C)(C)[Si](C)(C)O[C@@H]1[C@@H]2O[Si](C(C)(C)C)(C(C)(C)C)OC[C@H]2O[C@H]1n1cnc2c(N)ncnc21. The molecule has 2 N–H and O–H groups in total. The van der Waals surface area contributed by atoms with Crippen molar-refractivity contribution in [3.63, 3.8) is 0 Å². The molecule has 11 heteroatoms. The first-order chi connectivity index (χ1) is 15.9. The van der Waals surface area contributed by atoms with Gasteiger partial charge in [0.1, 0.15) is 30.2 Å². The molecule has 0 saturated carbocycles. The molecule has 0 aromatic carbocycles. The first kappa shape index (κ1) is 26.7. The summed E-state index contributed by atoms with van der Waals surface area (Å²) in [6, 6.07) is 0. The van der Waals surface area contributed by atoms with Crippen LogP contribution in [0.25, 0.3) is 11.2 Å². The van der Waals surface area contributed by atoms with Gasteiger partial charge in [0, 0.05) is 10.1 Å². The Kier molecular flexibility index (Phi) is 6.34. The van der Waals surface area contributed by atoms with Gasteiger partial charge in [-0.25, -0.2) is 15.0 Å². The Balaban J connectivity index is 1.81. The molecule has 4 atom stereocenters. The number of nitrogens with two attached hydrogens (primary N) is 1. The Hall–Kier alpha value is -1.38. The Morgan fingerprint density at radius 1 is 1.03 bits per heavy atom. The molecule has 4 rings (SSSR count). The number of fused-ring (bicyclic) bond motifs is 2. The number of aromatic nitrogens is 4. The average Bonchev–Trinajstić information content (AvgIpc) is 3.27. The Morgan fingerprint density at radius 2 is 1.66 bits per heavy atom. The normalized spacial score (nSPS) is 27.9. The van der Waals surface area contributed by atoms with Crippen molar-refractivity contribution in [2.75, 3.05) is 12.3 Å². The fourth-order valence-electron chi connectivity index (χ4n) is 5.24. The predicted octanol–water partition coefficient (Wildman–Crippen LogP) is 5.15. The highest BCUT2D eigenvalue weighted by Gasteiger charge is 2.65. The lowest BCUT2D eigenvalue weighted by Gasteiger charge is -2.54. The van der Waals surface area contributed by atoms with Gasteiger partial charge in [-0.05, 0) is 18.1 Å². The van der Waals surface area contributed by atoms with Crippen molar-refractivity contribution in [2.45, 2.75) is 115 Å². The summed E-state index contributed by atoms with van der Waals surface area (Å²) in [4.78, 5) is 13.1. The van der Waals surface area contributed by atoms with Crippen molar-refractivity contribution in [3.8, 4) is 0 Å². The molecule has 2 aliphatic rings. The molecule has 4 heterocycles. The standard InChI is InChI=1S/C24H43N5O4Si2/c1-22(2,3)34(10,11)32-18-17-15(12-30-35(33-17,23(4,5)6)24(7,8)9)31-21(18)29-14-28-16-19(25)26-13-27-20(16)29/h13-15,17-18,21H,12H2,1-11H3,(H2,25,26,27)/t15-,17-,18-,21-/m1/s1. The zero-order chi connectivity index (χ0) is 26.2. The van der Waals surface area contributed by atoms with E-state index in [4.69, 9.17) is 23.7 Å². The Morgan fingerprint density at radius 3 is 2.23 bits per heavy atom. The van der Waals surface area contributed by atoms with Gasteiger partial charge < -0.3 is 23.7 Å². The summed E-state index contributed by atoms with van der Waals surface area (Å²) >= 11 is 0. The maximum atomic E-state index is 7.16. The highest BCUT2D eigenvalue weighted by atomic mass is 28.4. The van der Waals surface area contributed by atoms with Gasteiger partial charge in [0.05, 0.1) is 12.9 Å². The number of hydrogen-bond acceptors (Lipinski definition) is 8. The Bertz CT molecular complexity index is 1070. The van der Waals surface area contributed by atoms with E-state index in [2.05, 4.69) is 90.4 Å². The summed E-state index contributed by atoms with van der Waals surface area (Å²) in [7, 11) is -4.92. The van der Waals surface area contributed by atoms with Crippen molar-refractivity contribution < 1.29 is 18.0 Å². The van der Waals surface area contributed by atoms with E-state index in [1.165, 1.54) is 6.33 Å². The summed E-state index contributed by atoms with van der Waals surface area (Å²) in [5.41, 5.74) is 7.26. The second kappa shape index (κ2) is 8.32. The van der Waals surface area contributed by atoms with Gasteiger partial charge in [-0.3, -0.25) is 4.57 Å². The van der Waals surface area contributed by atoms with Crippen LogP contribution in [0, 0.1) is 0 Å². The summed E-state index contributed by atoms with van der Waals surface area (Å²) < 4.78 is 29.5. The molecular formula is C24H43N5O4Si2. The first-order valence-electron chi connectivity index (χ1n) is 12.5. The molecular weight excluding hydrogens is 478 g/mol. The summed E-state index contributed by atoms with van der Waals surface area (Å²) in [5, 5.41) is -0.259. The minimum atomic E-state index is -2.73. The number of ether oxygens (including phenoxy) is 1. The largest absolute Gasteiger partial charge is 0.407 e. The zero-order valence-corrected chi connectivity index (χ0v) is 25.2. The van der Waals surface area contributed by atoms with Crippen molar-refractivity contribution in [1.82, 2.24) is 19.5 Å². The van der Waals surface area contributed by atoms with E-state index in [9.17, 15) is 0 Å². The molecule has 196 valence electrons. The molecule has 0 bridgehead atoms. The minimum Gasteiger partial charge on any atom is -0.407 e. The van der Waals surface area contributed by atoms with Gasteiger partial charge in [-0.1, -0.05) is 62.3 Å². The third-order valence-electron chi connectivity index (χ3n) is 7.91. The number of imidazole rings is 1. The minimum absolute atomic E-state index is 0.0208. The highest BCUT2D eigenvalue weighted by Crippen LogP contribution is 2.56. The van der Waals surface area contributed by atoms with Crippen molar-refractivity contribution in [1.29, 1.82) is 0 Å². The molecule has 0 aliphatic carbocycles.